The standard InChI is InChI=1S/C9H10F2N2O2S/c10-8(11)2-1-3-16-5-7-6(9(14)15)4-12-13-7/h2,4H,1,3,5H2,(H,12,13)(H,14,15). The first-order chi connectivity index (χ1) is 7.61. The number of hydrogen-bond acceptors (Lipinski definition) is 3. The number of carboxylic acid groups (broad SMARTS) is 1. The fourth-order valence-electron chi connectivity index (χ4n) is 1.03. The van der Waals surface area contributed by atoms with Crippen LogP contribution in [0.25, 0.3) is 0 Å². The van der Waals surface area contributed by atoms with E-state index in [-0.39, 0.29) is 12.0 Å². The minimum atomic E-state index is -1.69. The molecule has 0 amide bonds. The fraction of sp³-hybridized carbons (Fsp3) is 0.333. The van der Waals surface area contributed by atoms with Crippen molar-refractivity contribution in [1.82, 2.24) is 10.2 Å². The van der Waals surface area contributed by atoms with E-state index in [2.05, 4.69) is 10.2 Å². The van der Waals surface area contributed by atoms with Crippen LogP contribution >= 0.6 is 11.8 Å². The van der Waals surface area contributed by atoms with Gasteiger partial charge >= 0.3 is 5.97 Å². The number of hydrogen-bond donors (Lipinski definition) is 2. The van der Waals surface area contributed by atoms with E-state index in [4.69, 9.17) is 5.11 Å². The van der Waals surface area contributed by atoms with Gasteiger partial charge in [-0.05, 0) is 18.2 Å². The Bertz CT molecular complexity index is 389. The smallest absolute Gasteiger partial charge is 0.339 e. The zero-order chi connectivity index (χ0) is 12.0. The van der Waals surface area contributed by atoms with Gasteiger partial charge in [0.05, 0.1) is 11.9 Å². The Morgan fingerprint density at radius 3 is 3.00 bits per heavy atom. The minimum Gasteiger partial charge on any atom is -0.478 e. The third kappa shape index (κ3) is 4.01. The predicted octanol–water partition coefficient (Wildman–Crippen LogP) is 2.51. The molecule has 0 radical (unpaired) electrons. The van der Waals surface area contributed by atoms with Crippen molar-refractivity contribution < 1.29 is 18.7 Å². The van der Waals surface area contributed by atoms with Crippen LogP contribution in [0.3, 0.4) is 0 Å². The van der Waals surface area contributed by atoms with E-state index in [1.807, 2.05) is 0 Å². The number of carboxylic acids is 1. The first-order valence-electron chi connectivity index (χ1n) is 4.45. The summed E-state index contributed by atoms with van der Waals surface area (Å²) >= 11 is 1.37. The van der Waals surface area contributed by atoms with E-state index in [9.17, 15) is 13.6 Å². The van der Waals surface area contributed by atoms with Crippen molar-refractivity contribution in [2.24, 2.45) is 0 Å². The van der Waals surface area contributed by atoms with Gasteiger partial charge in [0.15, 0.2) is 0 Å². The van der Waals surface area contributed by atoms with Crippen molar-refractivity contribution in [1.29, 1.82) is 0 Å². The Balaban J connectivity index is 2.35. The molecule has 1 rings (SSSR count). The number of H-pyrrole nitrogens is 1. The summed E-state index contributed by atoms with van der Waals surface area (Å²) in [5, 5.41) is 14.9. The molecule has 0 bridgehead atoms. The van der Waals surface area contributed by atoms with Gasteiger partial charge in [-0.25, -0.2) is 4.79 Å². The highest BCUT2D eigenvalue weighted by Crippen LogP contribution is 2.15. The molecule has 0 saturated carbocycles. The van der Waals surface area contributed by atoms with Crippen LogP contribution in [0.1, 0.15) is 22.5 Å². The number of nitrogens with zero attached hydrogens (tertiary/aromatic N) is 1. The summed E-state index contributed by atoms with van der Waals surface area (Å²) in [5.74, 6) is -0.113. The largest absolute Gasteiger partial charge is 0.478 e. The molecular formula is C9H10F2N2O2S. The molecule has 4 nitrogen and oxygen atoms in total. The van der Waals surface area contributed by atoms with Crippen LogP contribution in [0.5, 0.6) is 0 Å². The van der Waals surface area contributed by atoms with Crippen molar-refractivity contribution in [3.63, 3.8) is 0 Å². The summed E-state index contributed by atoms with van der Waals surface area (Å²) in [6.45, 7) is 0. The van der Waals surface area contributed by atoms with Crippen molar-refractivity contribution in [3.8, 4) is 0 Å². The minimum absolute atomic E-state index is 0.125. The van der Waals surface area contributed by atoms with E-state index in [0.717, 1.165) is 6.08 Å². The summed E-state index contributed by atoms with van der Waals surface area (Å²) in [4.78, 5) is 10.7. The van der Waals surface area contributed by atoms with Gasteiger partial charge in [0.2, 0.25) is 0 Å². The number of halogens is 2. The lowest BCUT2D eigenvalue weighted by Gasteiger charge is -1.98. The maximum absolute atomic E-state index is 11.7. The average molecular weight is 248 g/mol. The van der Waals surface area contributed by atoms with E-state index in [0.29, 0.717) is 17.2 Å². The average Bonchev–Trinajstić information content (AvgIpc) is 2.65. The SMILES string of the molecule is O=C(O)c1cn[nH]c1CSCCC=C(F)F. The number of nitrogens with one attached hydrogen (secondary N) is 1. The zero-order valence-electron chi connectivity index (χ0n) is 8.24. The molecule has 0 fully saturated rings. The van der Waals surface area contributed by atoms with Crippen molar-refractivity contribution in [2.45, 2.75) is 12.2 Å². The molecule has 0 aromatic carbocycles. The maximum atomic E-state index is 11.7. The van der Waals surface area contributed by atoms with Crippen LogP contribution in [0, 0.1) is 0 Å². The number of aromatic nitrogens is 2. The monoisotopic (exact) mass is 248 g/mol. The quantitative estimate of drug-likeness (QED) is 0.759. The number of carbonyl (C=O) groups is 1. The van der Waals surface area contributed by atoms with Gasteiger partial charge in [0.25, 0.3) is 6.08 Å². The number of thioether (sulfide) groups is 1. The molecule has 2 N–H and O–H groups in total. The Kier molecular flexibility index (Phi) is 4.97. The molecular weight excluding hydrogens is 238 g/mol. The Morgan fingerprint density at radius 1 is 1.62 bits per heavy atom. The number of allylic oxidation sites excluding steroid dienone is 1. The molecule has 1 heterocycles. The van der Waals surface area contributed by atoms with Crippen LogP contribution < -0.4 is 0 Å². The number of rotatable bonds is 6. The maximum Gasteiger partial charge on any atom is 0.339 e. The second-order valence-corrected chi connectivity index (χ2v) is 4.01. The van der Waals surface area contributed by atoms with E-state index in [1.165, 1.54) is 18.0 Å². The third-order valence-corrected chi connectivity index (χ3v) is 2.77. The summed E-state index contributed by atoms with van der Waals surface area (Å²) in [6.07, 6.45) is 0.661. The van der Waals surface area contributed by atoms with Crippen LogP contribution in [0.15, 0.2) is 18.4 Å². The van der Waals surface area contributed by atoms with Gasteiger partial charge in [-0.15, -0.1) is 0 Å². The number of aromatic carboxylic acids is 1. The van der Waals surface area contributed by atoms with Gasteiger partial charge in [-0.1, -0.05) is 0 Å². The van der Waals surface area contributed by atoms with Gasteiger partial charge in [0.1, 0.15) is 5.56 Å². The molecule has 7 heteroatoms. The first kappa shape index (κ1) is 12.7. The molecule has 0 atom stereocenters. The molecule has 0 aliphatic rings. The molecule has 0 spiro atoms. The second kappa shape index (κ2) is 6.26. The highest BCUT2D eigenvalue weighted by atomic mass is 32.2. The molecule has 1 aromatic heterocycles. The second-order valence-electron chi connectivity index (χ2n) is 2.90. The molecule has 1 aromatic rings. The van der Waals surface area contributed by atoms with E-state index >= 15 is 0 Å². The van der Waals surface area contributed by atoms with Crippen LogP contribution in [0.2, 0.25) is 0 Å². The summed E-state index contributed by atoms with van der Waals surface area (Å²) in [7, 11) is 0. The normalized spacial score (nSPS) is 10.1. The van der Waals surface area contributed by atoms with Gasteiger partial charge in [-0.3, -0.25) is 5.10 Å². The van der Waals surface area contributed by atoms with Crippen molar-refractivity contribution in [3.05, 3.63) is 29.6 Å². The Morgan fingerprint density at radius 2 is 2.38 bits per heavy atom. The third-order valence-electron chi connectivity index (χ3n) is 1.76. The molecule has 0 unspecified atom stereocenters. The zero-order valence-corrected chi connectivity index (χ0v) is 9.06. The molecule has 0 saturated heterocycles. The van der Waals surface area contributed by atoms with Crippen LogP contribution in [-0.2, 0) is 5.75 Å². The molecule has 0 aliphatic heterocycles. The lowest BCUT2D eigenvalue weighted by atomic mass is 10.3. The lowest BCUT2D eigenvalue weighted by molar-refractivity contribution is 0.0696. The van der Waals surface area contributed by atoms with Crippen molar-refractivity contribution >= 4 is 17.7 Å². The van der Waals surface area contributed by atoms with Crippen LogP contribution in [-0.4, -0.2) is 27.0 Å². The summed E-state index contributed by atoms with van der Waals surface area (Å²) in [6, 6.07) is 0. The molecule has 88 valence electrons. The lowest BCUT2D eigenvalue weighted by Crippen LogP contribution is -1.98. The van der Waals surface area contributed by atoms with Crippen molar-refractivity contribution in [2.75, 3.05) is 5.75 Å². The van der Waals surface area contributed by atoms with Gasteiger partial charge in [0, 0.05) is 5.75 Å². The van der Waals surface area contributed by atoms with E-state index in [1.54, 1.807) is 0 Å². The van der Waals surface area contributed by atoms with E-state index < -0.39 is 12.0 Å². The first-order valence-corrected chi connectivity index (χ1v) is 5.61. The predicted molar refractivity (Wildman–Crippen MR) is 56.6 cm³/mol. The Labute approximate surface area is 94.7 Å². The van der Waals surface area contributed by atoms with Gasteiger partial charge in [-0.2, -0.15) is 25.6 Å². The summed E-state index contributed by atoms with van der Waals surface area (Å²) in [5.41, 5.74) is 0.627. The topological polar surface area (TPSA) is 66.0 Å². The molecule has 0 aliphatic carbocycles. The summed E-state index contributed by atoms with van der Waals surface area (Å²) < 4.78 is 23.3. The fourth-order valence-corrected chi connectivity index (χ4v) is 1.89. The highest BCUT2D eigenvalue weighted by molar-refractivity contribution is 7.98. The van der Waals surface area contributed by atoms with Gasteiger partial charge < -0.3 is 5.11 Å². The molecule has 16 heavy (non-hydrogen) atoms. The highest BCUT2D eigenvalue weighted by Gasteiger charge is 2.11. The van der Waals surface area contributed by atoms with Crippen LogP contribution in [0.4, 0.5) is 8.78 Å². The number of aromatic amines is 1. The Hall–Kier alpha value is -1.37.